The van der Waals surface area contributed by atoms with Crippen molar-refractivity contribution in [2.24, 2.45) is 0 Å². The summed E-state index contributed by atoms with van der Waals surface area (Å²) in [6, 6.07) is 0. The minimum Gasteiger partial charge on any atom is -0.462 e. The number of esters is 2. The van der Waals surface area contributed by atoms with Crippen molar-refractivity contribution in [3.8, 4) is 0 Å². The Labute approximate surface area is 124 Å². The van der Waals surface area contributed by atoms with Gasteiger partial charge in [0, 0.05) is 25.2 Å². The summed E-state index contributed by atoms with van der Waals surface area (Å²) in [5.74, 6) is -0.958. The molecule has 0 spiro atoms. The van der Waals surface area contributed by atoms with E-state index in [1.54, 1.807) is 0 Å². The van der Waals surface area contributed by atoms with Gasteiger partial charge in [-0.15, -0.1) is 0 Å². The molecule has 0 aromatic rings. The molecule has 7 heteroatoms. The zero-order chi connectivity index (χ0) is 15.8. The summed E-state index contributed by atoms with van der Waals surface area (Å²) in [6.07, 6.45) is 2.81. The molecule has 0 aliphatic rings. The lowest BCUT2D eigenvalue weighted by molar-refractivity contribution is -0.151. The highest BCUT2D eigenvalue weighted by Gasteiger charge is 1.96. The number of rotatable bonds is 14. The SMILES string of the molecule is C=CC(=O)OCCCOCCOCCOCOC(=O)C=C. The number of hydrogen-bond donors (Lipinski definition) is 0. The van der Waals surface area contributed by atoms with Crippen LogP contribution in [-0.4, -0.2) is 58.4 Å². The van der Waals surface area contributed by atoms with E-state index in [-0.39, 0.29) is 6.79 Å². The first kappa shape index (κ1) is 19.3. The lowest BCUT2D eigenvalue weighted by atomic mass is 10.5. The summed E-state index contributed by atoms with van der Waals surface area (Å²) in [5, 5.41) is 0. The van der Waals surface area contributed by atoms with Crippen LogP contribution in [0.2, 0.25) is 0 Å². The molecule has 0 aliphatic heterocycles. The molecule has 21 heavy (non-hydrogen) atoms. The Bertz CT molecular complexity index is 284. The second-order valence-electron chi connectivity index (χ2n) is 3.64. The Morgan fingerprint density at radius 2 is 1.24 bits per heavy atom. The maximum Gasteiger partial charge on any atom is 0.332 e. The van der Waals surface area contributed by atoms with E-state index in [0.29, 0.717) is 46.1 Å². The largest absolute Gasteiger partial charge is 0.462 e. The summed E-state index contributed by atoms with van der Waals surface area (Å²) in [7, 11) is 0. The summed E-state index contributed by atoms with van der Waals surface area (Å²) in [4.78, 5) is 21.4. The van der Waals surface area contributed by atoms with E-state index in [9.17, 15) is 9.59 Å². The highest BCUT2D eigenvalue weighted by Crippen LogP contribution is 1.88. The molecule has 0 aromatic heterocycles. The third kappa shape index (κ3) is 14.5. The second kappa shape index (κ2) is 14.7. The lowest BCUT2D eigenvalue weighted by Gasteiger charge is -2.07. The topological polar surface area (TPSA) is 80.3 Å². The van der Waals surface area contributed by atoms with E-state index in [1.165, 1.54) is 0 Å². The van der Waals surface area contributed by atoms with Crippen molar-refractivity contribution >= 4 is 11.9 Å². The van der Waals surface area contributed by atoms with Crippen LogP contribution in [0.1, 0.15) is 6.42 Å². The maximum atomic E-state index is 10.7. The highest BCUT2D eigenvalue weighted by molar-refractivity contribution is 5.81. The quantitative estimate of drug-likeness (QED) is 0.203. The molecular weight excluding hydrogens is 280 g/mol. The second-order valence-corrected chi connectivity index (χ2v) is 3.64. The summed E-state index contributed by atoms with van der Waals surface area (Å²) in [5.41, 5.74) is 0. The number of ether oxygens (including phenoxy) is 5. The van der Waals surface area contributed by atoms with Crippen molar-refractivity contribution in [3.05, 3.63) is 25.3 Å². The first-order valence-corrected chi connectivity index (χ1v) is 6.52. The van der Waals surface area contributed by atoms with Crippen molar-refractivity contribution in [1.82, 2.24) is 0 Å². The van der Waals surface area contributed by atoms with Crippen LogP contribution in [0.25, 0.3) is 0 Å². The third-order valence-electron chi connectivity index (χ3n) is 2.04. The molecule has 0 N–H and O–H groups in total. The highest BCUT2D eigenvalue weighted by atomic mass is 16.7. The molecule has 0 saturated heterocycles. The molecule has 0 saturated carbocycles. The minimum atomic E-state index is -0.525. The van der Waals surface area contributed by atoms with Gasteiger partial charge >= 0.3 is 11.9 Å². The van der Waals surface area contributed by atoms with Gasteiger partial charge in [0.15, 0.2) is 6.79 Å². The van der Waals surface area contributed by atoms with Gasteiger partial charge < -0.3 is 23.7 Å². The summed E-state index contributed by atoms with van der Waals surface area (Å²) in [6.45, 7) is 8.80. The van der Waals surface area contributed by atoms with E-state index in [2.05, 4.69) is 17.9 Å². The van der Waals surface area contributed by atoms with Gasteiger partial charge in [-0.25, -0.2) is 9.59 Å². The molecule has 0 atom stereocenters. The van der Waals surface area contributed by atoms with E-state index in [1.807, 2.05) is 0 Å². The van der Waals surface area contributed by atoms with Gasteiger partial charge in [0.05, 0.1) is 33.0 Å². The Hall–Kier alpha value is -1.70. The zero-order valence-corrected chi connectivity index (χ0v) is 12.1. The van der Waals surface area contributed by atoms with Gasteiger partial charge in [-0.2, -0.15) is 0 Å². The molecule has 0 aromatic carbocycles. The lowest BCUT2D eigenvalue weighted by Crippen LogP contribution is -2.12. The normalized spacial score (nSPS) is 9.90. The average molecular weight is 302 g/mol. The average Bonchev–Trinajstić information content (AvgIpc) is 2.51. The first-order valence-electron chi connectivity index (χ1n) is 6.52. The molecule has 0 aliphatic carbocycles. The zero-order valence-electron chi connectivity index (χ0n) is 12.1. The number of carbonyl (C=O) groups is 2. The van der Waals surface area contributed by atoms with Gasteiger partial charge in [0.25, 0.3) is 0 Å². The Morgan fingerprint density at radius 3 is 1.86 bits per heavy atom. The van der Waals surface area contributed by atoms with Crippen molar-refractivity contribution in [1.29, 1.82) is 0 Å². The van der Waals surface area contributed by atoms with Gasteiger partial charge in [-0.1, -0.05) is 13.2 Å². The Morgan fingerprint density at radius 1 is 0.714 bits per heavy atom. The van der Waals surface area contributed by atoms with Gasteiger partial charge in [0.2, 0.25) is 0 Å². The van der Waals surface area contributed by atoms with Crippen LogP contribution >= 0.6 is 0 Å². The minimum absolute atomic E-state index is 0.117. The van der Waals surface area contributed by atoms with Crippen LogP contribution < -0.4 is 0 Å². The first-order chi connectivity index (χ1) is 10.2. The molecule has 120 valence electrons. The smallest absolute Gasteiger partial charge is 0.332 e. The van der Waals surface area contributed by atoms with Crippen LogP contribution in [-0.2, 0) is 33.3 Å². The monoisotopic (exact) mass is 302 g/mol. The Balaban J connectivity index is 3.09. The molecule has 0 rings (SSSR count). The standard InChI is InChI=1S/C14H22O7/c1-3-13(15)20-7-5-6-17-8-9-18-10-11-19-12-21-14(16)4-2/h3-4H,1-2,5-12H2. The molecule has 0 fully saturated rings. The summed E-state index contributed by atoms with van der Waals surface area (Å²) >= 11 is 0. The molecule has 0 amide bonds. The third-order valence-corrected chi connectivity index (χ3v) is 2.04. The van der Waals surface area contributed by atoms with Gasteiger partial charge in [0.1, 0.15) is 0 Å². The predicted molar refractivity (Wildman–Crippen MR) is 74.5 cm³/mol. The van der Waals surface area contributed by atoms with Crippen molar-refractivity contribution in [3.63, 3.8) is 0 Å². The Kier molecular flexibility index (Phi) is 13.5. The molecule has 0 bridgehead atoms. The fourth-order valence-corrected chi connectivity index (χ4v) is 1.05. The van der Waals surface area contributed by atoms with E-state index < -0.39 is 11.9 Å². The maximum absolute atomic E-state index is 10.7. The van der Waals surface area contributed by atoms with Gasteiger partial charge in [-0.3, -0.25) is 0 Å². The van der Waals surface area contributed by atoms with Crippen molar-refractivity contribution < 1.29 is 33.3 Å². The molecule has 0 radical (unpaired) electrons. The molecule has 0 unspecified atom stereocenters. The van der Waals surface area contributed by atoms with Crippen LogP contribution in [0.15, 0.2) is 25.3 Å². The van der Waals surface area contributed by atoms with E-state index in [4.69, 9.17) is 18.9 Å². The fourth-order valence-electron chi connectivity index (χ4n) is 1.05. The molecule has 0 heterocycles. The number of carbonyl (C=O) groups excluding carboxylic acids is 2. The van der Waals surface area contributed by atoms with Crippen molar-refractivity contribution in [2.75, 3.05) is 46.4 Å². The number of hydrogen-bond acceptors (Lipinski definition) is 7. The van der Waals surface area contributed by atoms with Crippen LogP contribution in [0.4, 0.5) is 0 Å². The van der Waals surface area contributed by atoms with Crippen LogP contribution in [0.3, 0.4) is 0 Å². The van der Waals surface area contributed by atoms with E-state index in [0.717, 1.165) is 12.2 Å². The van der Waals surface area contributed by atoms with E-state index >= 15 is 0 Å². The van der Waals surface area contributed by atoms with Crippen molar-refractivity contribution in [2.45, 2.75) is 6.42 Å². The summed E-state index contributed by atoms with van der Waals surface area (Å²) < 4.78 is 24.8. The fraction of sp³-hybridized carbons (Fsp3) is 0.571. The van der Waals surface area contributed by atoms with Gasteiger partial charge in [-0.05, 0) is 0 Å². The molecule has 7 nitrogen and oxygen atoms in total. The molecular formula is C14H22O7. The predicted octanol–water partition coefficient (Wildman–Crippen LogP) is 0.842. The van der Waals surface area contributed by atoms with Crippen LogP contribution in [0.5, 0.6) is 0 Å². The van der Waals surface area contributed by atoms with Crippen LogP contribution in [0, 0.1) is 0 Å².